The molecule has 0 rings (SSSR count). The van der Waals surface area contributed by atoms with E-state index in [0.29, 0.717) is 12.8 Å². The van der Waals surface area contributed by atoms with Crippen LogP contribution in [0.5, 0.6) is 0 Å². The van der Waals surface area contributed by atoms with Crippen LogP contribution in [0.1, 0.15) is 303 Å². The van der Waals surface area contributed by atoms with E-state index in [2.05, 4.69) is 111 Å². The Bertz CT molecular complexity index is 1380. The number of rotatable bonds is 57. The Morgan fingerprint density at radius 3 is 0.890 bits per heavy atom. The molecule has 420 valence electrons. The molecule has 5 nitrogen and oxygen atoms in total. The Kier molecular flexibility index (Phi) is 60.4. The SMILES string of the molecule is CC/C=C\C/C=C\C/C=C\C/C=C\C/C=C\C/C=C\C/C=C\C/C=C\CCCCCCC(=O)OC(CO)COC(=O)CCCCCCCCCCCCCCCCCCCCCCCCCCCCCCCC. The topological polar surface area (TPSA) is 72.8 Å². The fraction of sp³-hybridized carbons (Fsp3) is 0.735. The van der Waals surface area contributed by atoms with Crippen LogP contribution in [0.3, 0.4) is 0 Å². The summed E-state index contributed by atoms with van der Waals surface area (Å²) in [5.74, 6) is -0.613. The molecule has 0 aromatic rings. The number of aliphatic hydroxyl groups excluding tert-OH is 1. The second kappa shape index (κ2) is 63.1. The predicted molar refractivity (Wildman–Crippen MR) is 320 cm³/mol. The van der Waals surface area contributed by atoms with Crippen molar-refractivity contribution in [3.63, 3.8) is 0 Å². The summed E-state index contributed by atoms with van der Waals surface area (Å²) in [6.07, 6.45) is 89.8. The Balaban J connectivity index is 3.53. The maximum atomic E-state index is 12.3. The van der Waals surface area contributed by atoms with E-state index in [1.807, 2.05) is 0 Å². The van der Waals surface area contributed by atoms with Gasteiger partial charge >= 0.3 is 11.9 Å². The molecule has 5 heteroatoms. The summed E-state index contributed by atoms with van der Waals surface area (Å²) in [7, 11) is 0. The number of carbonyl (C=O) groups is 2. The van der Waals surface area contributed by atoms with Gasteiger partial charge in [0.2, 0.25) is 0 Å². The fourth-order valence-corrected chi connectivity index (χ4v) is 8.99. The van der Waals surface area contributed by atoms with E-state index in [0.717, 1.165) is 103 Å². The van der Waals surface area contributed by atoms with Crippen molar-refractivity contribution in [2.45, 2.75) is 309 Å². The van der Waals surface area contributed by atoms with Gasteiger partial charge in [0, 0.05) is 12.8 Å². The third-order valence-corrected chi connectivity index (χ3v) is 13.6. The molecule has 1 atom stereocenters. The molecule has 1 unspecified atom stereocenters. The van der Waals surface area contributed by atoms with Gasteiger partial charge in [-0.15, -0.1) is 0 Å². The van der Waals surface area contributed by atoms with Gasteiger partial charge in [-0.05, 0) is 77.0 Å². The lowest BCUT2D eigenvalue weighted by molar-refractivity contribution is -0.161. The van der Waals surface area contributed by atoms with Gasteiger partial charge in [-0.1, -0.05) is 310 Å². The first-order valence-corrected chi connectivity index (χ1v) is 31.3. The number of esters is 2. The van der Waals surface area contributed by atoms with Crippen LogP contribution in [0.25, 0.3) is 0 Å². The highest BCUT2D eigenvalue weighted by Crippen LogP contribution is 2.17. The summed E-state index contributed by atoms with van der Waals surface area (Å²) in [6.45, 7) is 4.04. The minimum atomic E-state index is -0.792. The second-order valence-electron chi connectivity index (χ2n) is 20.8. The zero-order valence-corrected chi connectivity index (χ0v) is 48.1. The average Bonchev–Trinajstić information content (AvgIpc) is 3.39. The lowest BCUT2D eigenvalue weighted by atomic mass is 10.0. The van der Waals surface area contributed by atoms with Crippen molar-refractivity contribution in [1.82, 2.24) is 0 Å². The maximum Gasteiger partial charge on any atom is 0.306 e. The highest BCUT2D eigenvalue weighted by atomic mass is 16.6. The summed E-state index contributed by atoms with van der Waals surface area (Å²) in [4.78, 5) is 24.6. The molecule has 0 heterocycles. The first-order valence-electron chi connectivity index (χ1n) is 31.3. The number of aliphatic hydroxyl groups is 1. The first-order chi connectivity index (χ1) is 36.1. The van der Waals surface area contributed by atoms with E-state index in [1.165, 1.54) is 173 Å². The summed E-state index contributed by atoms with van der Waals surface area (Å²) >= 11 is 0. The zero-order chi connectivity index (χ0) is 52.7. The van der Waals surface area contributed by atoms with E-state index in [9.17, 15) is 14.7 Å². The van der Waals surface area contributed by atoms with Crippen molar-refractivity contribution < 1.29 is 24.2 Å². The number of unbranched alkanes of at least 4 members (excludes halogenated alkanes) is 33. The van der Waals surface area contributed by atoms with Crippen LogP contribution in [0.4, 0.5) is 0 Å². The molecule has 0 aliphatic carbocycles. The monoisotopic (exact) mass is 1010 g/mol. The van der Waals surface area contributed by atoms with Gasteiger partial charge in [-0.2, -0.15) is 0 Å². The molecule has 1 N–H and O–H groups in total. The number of hydrogen-bond acceptors (Lipinski definition) is 5. The van der Waals surface area contributed by atoms with Crippen molar-refractivity contribution in [2.75, 3.05) is 13.2 Å². The van der Waals surface area contributed by atoms with Gasteiger partial charge in [0.15, 0.2) is 6.10 Å². The molecule has 0 amide bonds. The van der Waals surface area contributed by atoms with E-state index >= 15 is 0 Å². The minimum Gasteiger partial charge on any atom is -0.462 e. The standard InChI is InChI=1S/C68H118O5/c1-3-5-7-9-11-13-15-17-19-21-23-25-27-29-31-33-35-36-38-40-42-44-46-48-50-52-54-56-58-60-62-67(70)72-65-66(64-69)73-68(71)63-61-59-57-55-53-51-49-47-45-43-41-39-37-34-32-30-28-26-24-22-20-18-16-14-12-10-8-6-4-2/h6,8,12,14,18,20,24,26,30,32,37,39,43,45,49,51,66,69H,3-5,7,9-11,13,15-17,19,21-23,25,27-29,31,33-36,38,40-42,44,46-48,50,52-65H2,1-2H3/b8-6-,14-12-,20-18-,26-24-,32-30-,39-37-,45-43-,51-49-. The van der Waals surface area contributed by atoms with Gasteiger partial charge < -0.3 is 14.6 Å². The smallest absolute Gasteiger partial charge is 0.306 e. The Morgan fingerprint density at radius 2 is 0.589 bits per heavy atom. The second-order valence-corrected chi connectivity index (χ2v) is 20.8. The van der Waals surface area contributed by atoms with Crippen LogP contribution in [0.15, 0.2) is 97.2 Å². The Hall–Kier alpha value is -3.18. The van der Waals surface area contributed by atoms with Crippen molar-refractivity contribution in [3.05, 3.63) is 97.2 Å². The number of carbonyl (C=O) groups excluding carboxylic acids is 2. The van der Waals surface area contributed by atoms with E-state index < -0.39 is 6.10 Å². The summed E-state index contributed by atoms with van der Waals surface area (Å²) in [5.41, 5.74) is 0. The van der Waals surface area contributed by atoms with Crippen LogP contribution in [-0.2, 0) is 19.1 Å². The van der Waals surface area contributed by atoms with Crippen molar-refractivity contribution in [3.8, 4) is 0 Å². The fourth-order valence-electron chi connectivity index (χ4n) is 8.99. The van der Waals surface area contributed by atoms with Crippen LogP contribution in [0, 0.1) is 0 Å². The summed E-state index contributed by atoms with van der Waals surface area (Å²) in [6, 6.07) is 0. The summed E-state index contributed by atoms with van der Waals surface area (Å²) < 4.78 is 10.7. The van der Waals surface area contributed by atoms with Gasteiger partial charge in [0.05, 0.1) is 6.61 Å². The lowest BCUT2D eigenvalue weighted by Crippen LogP contribution is -2.28. The van der Waals surface area contributed by atoms with E-state index in [4.69, 9.17) is 9.47 Å². The molecule has 0 aliphatic heterocycles. The molecule has 0 fully saturated rings. The number of hydrogen-bond donors (Lipinski definition) is 1. The van der Waals surface area contributed by atoms with Crippen LogP contribution in [-0.4, -0.2) is 36.4 Å². The van der Waals surface area contributed by atoms with Crippen LogP contribution >= 0.6 is 0 Å². The maximum absolute atomic E-state index is 12.3. The van der Waals surface area contributed by atoms with Gasteiger partial charge in [0.25, 0.3) is 0 Å². The first kappa shape index (κ1) is 69.8. The molecule has 0 saturated carbocycles. The third-order valence-electron chi connectivity index (χ3n) is 13.6. The summed E-state index contributed by atoms with van der Waals surface area (Å²) in [5, 5.41) is 9.67. The van der Waals surface area contributed by atoms with Gasteiger partial charge in [0.1, 0.15) is 6.61 Å². The van der Waals surface area contributed by atoms with E-state index in [-0.39, 0.29) is 25.2 Å². The molecular formula is C68H118O5. The molecule has 0 aromatic heterocycles. The number of allylic oxidation sites excluding steroid dienone is 16. The largest absolute Gasteiger partial charge is 0.462 e. The van der Waals surface area contributed by atoms with E-state index in [1.54, 1.807) is 0 Å². The molecule has 0 spiro atoms. The number of ether oxygens (including phenoxy) is 2. The normalized spacial score (nSPS) is 12.9. The highest BCUT2D eigenvalue weighted by Gasteiger charge is 2.16. The molecule has 0 aromatic carbocycles. The molecule has 0 bridgehead atoms. The predicted octanol–water partition coefficient (Wildman–Crippen LogP) is 21.5. The zero-order valence-electron chi connectivity index (χ0n) is 48.1. The quantitative estimate of drug-likeness (QED) is 0.0373. The third kappa shape index (κ3) is 61.3. The molecular weight excluding hydrogens is 897 g/mol. The Morgan fingerprint density at radius 1 is 0.329 bits per heavy atom. The minimum absolute atomic E-state index is 0.0787. The van der Waals surface area contributed by atoms with Crippen molar-refractivity contribution in [2.24, 2.45) is 0 Å². The Labute approximate surface area is 453 Å². The molecule has 0 aliphatic rings. The van der Waals surface area contributed by atoms with Gasteiger partial charge in [-0.3, -0.25) is 9.59 Å². The average molecular weight is 1020 g/mol. The lowest BCUT2D eigenvalue weighted by Gasteiger charge is -2.15. The molecule has 0 saturated heterocycles. The van der Waals surface area contributed by atoms with Gasteiger partial charge in [-0.25, -0.2) is 0 Å². The molecule has 73 heavy (non-hydrogen) atoms. The van der Waals surface area contributed by atoms with Crippen LogP contribution in [0.2, 0.25) is 0 Å². The highest BCUT2D eigenvalue weighted by molar-refractivity contribution is 5.70. The van der Waals surface area contributed by atoms with Crippen LogP contribution < -0.4 is 0 Å². The van der Waals surface area contributed by atoms with Crippen molar-refractivity contribution >= 4 is 11.9 Å². The molecule has 0 radical (unpaired) electrons. The van der Waals surface area contributed by atoms with Crippen molar-refractivity contribution in [1.29, 1.82) is 0 Å².